The van der Waals surface area contributed by atoms with Crippen LogP contribution in [0.1, 0.15) is 127 Å². The lowest BCUT2D eigenvalue weighted by Gasteiger charge is -2.62. The number of hydrogen-bond donors (Lipinski definition) is 1. The largest absolute Gasteiger partial charge is 0.468 e. The van der Waals surface area contributed by atoms with E-state index in [2.05, 4.69) is 66.6 Å². The van der Waals surface area contributed by atoms with Gasteiger partial charge in [0.05, 0.1) is 13.2 Å². The quantitative estimate of drug-likeness (QED) is 0.144. The van der Waals surface area contributed by atoms with E-state index in [-0.39, 0.29) is 22.3 Å². The SMILES string of the molecule is COC(=O)C(C)NP(=O)(Oc1ccccc1)O[C@H]1CC[C@]2(C)C3=C(CCC2C1(C)C)[C@]1(C)CC[C@H]([C@H](C)CCC=C(C)C)[C@@]1(C)CC3. The van der Waals surface area contributed by atoms with E-state index in [0.717, 1.165) is 37.5 Å². The van der Waals surface area contributed by atoms with E-state index in [4.69, 9.17) is 13.8 Å². The van der Waals surface area contributed by atoms with Crippen LogP contribution in [0.4, 0.5) is 0 Å². The molecular weight excluding hydrogens is 605 g/mol. The van der Waals surface area contributed by atoms with Gasteiger partial charge in [-0.05, 0) is 137 Å². The molecule has 47 heavy (non-hydrogen) atoms. The van der Waals surface area contributed by atoms with Gasteiger partial charge >= 0.3 is 13.7 Å². The van der Waals surface area contributed by atoms with Crippen LogP contribution in [0.2, 0.25) is 0 Å². The maximum absolute atomic E-state index is 14.4. The van der Waals surface area contributed by atoms with Gasteiger partial charge in [-0.3, -0.25) is 9.32 Å². The Kier molecular flexibility index (Phi) is 10.4. The molecule has 6 nitrogen and oxygen atoms in total. The fraction of sp³-hybridized carbons (Fsp3) is 0.725. The van der Waals surface area contributed by atoms with Crippen molar-refractivity contribution in [3.05, 3.63) is 53.1 Å². The molecule has 0 spiro atoms. The number of allylic oxidation sites excluding steroid dienone is 4. The first kappa shape index (κ1) is 36.4. The van der Waals surface area contributed by atoms with E-state index < -0.39 is 19.8 Å². The standard InChI is InChI=1S/C40H62NO5P/c1-27(2)15-14-16-28(3)31-21-25-40(9)33-19-20-34-37(5,6)35(23-24-38(34,7)32(33)22-26-39(31,40)8)46-47(43,41-29(4)36(42)44-10)45-30-17-12-11-13-18-30/h11-13,15,17-18,28-29,31,34-35H,14,16,19-26H2,1-10H3,(H,41,43)/t28-,29?,31-,34?,35+,38-,39-,40+,47?/m1/s1. The lowest BCUT2D eigenvalue weighted by molar-refractivity contribution is -0.142. The molecule has 0 bridgehead atoms. The van der Waals surface area contributed by atoms with Gasteiger partial charge in [0.2, 0.25) is 0 Å². The van der Waals surface area contributed by atoms with Gasteiger partial charge in [-0.25, -0.2) is 4.57 Å². The molecule has 7 heteroatoms. The number of rotatable bonds is 11. The number of carbonyl (C=O) groups is 1. The number of para-hydroxylation sites is 1. The van der Waals surface area contributed by atoms with E-state index in [1.165, 1.54) is 51.2 Å². The van der Waals surface area contributed by atoms with Crippen LogP contribution in [0.25, 0.3) is 0 Å². The van der Waals surface area contributed by atoms with Crippen molar-refractivity contribution in [2.75, 3.05) is 7.11 Å². The molecule has 4 aliphatic rings. The maximum Gasteiger partial charge on any atom is 0.459 e. The first-order chi connectivity index (χ1) is 22.0. The van der Waals surface area contributed by atoms with Gasteiger partial charge < -0.3 is 9.26 Å². The smallest absolute Gasteiger partial charge is 0.459 e. The Morgan fingerprint density at radius 3 is 2.34 bits per heavy atom. The molecule has 0 radical (unpaired) electrons. The van der Waals surface area contributed by atoms with Crippen molar-refractivity contribution < 1.29 is 23.1 Å². The number of fused-ring (bicyclic) bond motifs is 4. The molecule has 1 aromatic rings. The van der Waals surface area contributed by atoms with E-state index in [0.29, 0.717) is 17.1 Å². The molecule has 2 fully saturated rings. The molecule has 0 aromatic heterocycles. The second kappa shape index (κ2) is 13.4. The molecule has 3 unspecified atom stereocenters. The second-order valence-electron chi connectivity index (χ2n) is 16.9. The second-order valence-corrected chi connectivity index (χ2v) is 18.6. The zero-order chi connectivity index (χ0) is 34.4. The summed E-state index contributed by atoms with van der Waals surface area (Å²) in [5.41, 5.74) is 5.39. The first-order valence-electron chi connectivity index (χ1n) is 18.3. The molecule has 0 aliphatic heterocycles. The molecule has 5 rings (SSSR count). The summed E-state index contributed by atoms with van der Waals surface area (Å²) in [7, 11) is -2.62. The predicted molar refractivity (Wildman–Crippen MR) is 191 cm³/mol. The third-order valence-electron chi connectivity index (χ3n) is 13.8. The minimum Gasteiger partial charge on any atom is -0.468 e. The summed E-state index contributed by atoms with van der Waals surface area (Å²) in [5.74, 6) is 1.83. The van der Waals surface area contributed by atoms with Gasteiger partial charge in [0.15, 0.2) is 0 Å². The lowest BCUT2D eigenvalue weighted by atomic mass is 9.43. The van der Waals surface area contributed by atoms with E-state index in [1.807, 2.05) is 18.2 Å². The molecule has 4 aliphatic carbocycles. The van der Waals surface area contributed by atoms with E-state index in [1.54, 1.807) is 30.2 Å². The van der Waals surface area contributed by atoms with Crippen LogP contribution in [-0.4, -0.2) is 25.2 Å². The molecule has 262 valence electrons. The summed E-state index contributed by atoms with van der Waals surface area (Å²) in [4.78, 5) is 12.4. The molecule has 0 heterocycles. The molecule has 9 atom stereocenters. The Hall–Kier alpha value is -1.88. The number of methoxy groups -OCH3 is 1. The summed E-state index contributed by atoms with van der Waals surface area (Å²) >= 11 is 0. The van der Waals surface area contributed by atoms with Gasteiger partial charge in [-0.15, -0.1) is 0 Å². The summed E-state index contributed by atoms with van der Waals surface area (Å²) in [5, 5.41) is 2.89. The van der Waals surface area contributed by atoms with Gasteiger partial charge in [0.25, 0.3) is 0 Å². The third kappa shape index (κ3) is 6.57. The van der Waals surface area contributed by atoms with Crippen molar-refractivity contribution in [3.8, 4) is 5.75 Å². The van der Waals surface area contributed by atoms with Gasteiger partial charge in [-0.1, -0.05) is 82.5 Å². The van der Waals surface area contributed by atoms with Gasteiger partial charge in [-0.2, -0.15) is 5.09 Å². The van der Waals surface area contributed by atoms with Crippen LogP contribution in [-0.2, 0) is 18.6 Å². The minimum absolute atomic E-state index is 0.0887. The Balaban J connectivity index is 1.39. The van der Waals surface area contributed by atoms with Crippen molar-refractivity contribution in [3.63, 3.8) is 0 Å². The fourth-order valence-corrected chi connectivity index (χ4v) is 12.8. The highest BCUT2D eigenvalue weighted by Gasteiger charge is 2.64. The minimum atomic E-state index is -3.94. The Labute approximate surface area is 285 Å². The number of carbonyl (C=O) groups excluding carboxylic acids is 1. The number of ether oxygens (including phenoxy) is 1. The average molecular weight is 668 g/mol. The van der Waals surface area contributed by atoms with E-state index >= 15 is 0 Å². The highest BCUT2D eigenvalue weighted by Crippen LogP contribution is 2.73. The highest BCUT2D eigenvalue weighted by molar-refractivity contribution is 7.52. The lowest BCUT2D eigenvalue weighted by Crippen LogP contribution is -2.55. The Morgan fingerprint density at radius 2 is 1.68 bits per heavy atom. The average Bonchev–Trinajstić information content (AvgIpc) is 3.29. The maximum atomic E-state index is 14.4. The Bertz CT molecular complexity index is 1410. The number of nitrogens with one attached hydrogen (secondary N) is 1. The van der Waals surface area contributed by atoms with Crippen LogP contribution >= 0.6 is 7.75 Å². The first-order valence-corrected chi connectivity index (χ1v) is 19.8. The van der Waals surface area contributed by atoms with Crippen molar-refractivity contribution in [2.24, 2.45) is 39.4 Å². The zero-order valence-electron chi connectivity index (χ0n) is 30.9. The summed E-state index contributed by atoms with van der Waals surface area (Å²) in [6, 6.07) is 8.21. The van der Waals surface area contributed by atoms with Crippen LogP contribution in [0.15, 0.2) is 53.1 Å². The van der Waals surface area contributed by atoms with Crippen LogP contribution in [0.5, 0.6) is 5.75 Å². The monoisotopic (exact) mass is 667 g/mol. The number of benzene rings is 1. The van der Waals surface area contributed by atoms with Crippen molar-refractivity contribution in [1.29, 1.82) is 0 Å². The third-order valence-corrected chi connectivity index (χ3v) is 15.4. The number of hydrogen-bond acceptors (Lipinski definition) is 5. The van der Waals surface area contributed by atoms with Crippen LogP contribution in [0, 0.1) is 39.4 Å². The van der Waals surface area contributed by atoms with E-state index in [9.17, 15) is 9.36 Å². The molecule has 2 saturated carbocycles. The molecule has 1 N–H and O–H groups in total. The molecular formula is C40H62NO5P. The van der Waals surface area contributed by atoms with Gasteiger partial charge in [0, 0.05) is 0 Å². The Morgan fingerprint density at radius 1 is 0.979 bits per heavy atom. The highest BCUT2D eigenvalue weighted by atomic mass is 31.2. The molecule has 0 saturated heterocycles. The summed E-state index contributed by atoms with van der Waals surface area (Å²) < 4.78 is 32.0. The zero-order valence-corrected chi connectivity index (χ0v) is 31.8. The summed E-state index contributed by atoms with van der Waals surface area (Å²) in [6.07, 6.45) is 13.8. The van der Waals surface area contributed by atoms with Crippen molar-refractivity contribution in [2.45, 2.75) is 139 Å². The normalized spacial score (nSPS) is 35.4. The van der Waals surface area contributed by atoms with Crippen LogP contribution < -0.4 is 9.61 Å². The summed E-state index contributed by atoms with van der Waals surface area (Å²) in [6.45, 7) is 21.0. The molecule has 1 aromatic carbocycles. The topological polar surface area (TPSA) is 73.9 Å². The number of esters is 1. The predicted octanol–water partition coefficient (Wildman–Crippen LogP) is 10.8. The van der Waals surface area contributed by atoms with Crippen molar-refractivity contribution in [1.82, 2.24) is 5.09 Å². The van der Waals surface area contributed by atoms with Gasteiger partial charge in [0.1, 0.15) is 11.8 Å². The van der Waals surface area contributed by atoms with Crippen LogP contribution in [0.3, 0.4) is 0 Å². The fourth-order valence-electron chi connectivity index (χ4n) is 11.0. The van der Waals surface area contributed by atoms with Crippen molar-refractivity contribution >= 4 is 13.7 Å². The molecule has 0 amide bonds.